The molecule has 11 heteroatoms. The van der Waals surface area contributed by atoms with E-state index in [2.05, 4.69) is 16.0 Å². The van der Waals surface area contributed by atoms with Gasteiger partial charge in [0, 0.05) is 19.9 Å². The van der Waals surface area contributed by atoms with Crippen LogP contribution in [0, 0.1) is 11.8 Å². The first-order valence-electron chi connectivity index (χ1n) is 17.0. The highest BCUT2D eigenvalue weighted by Gasteiger charge is 2.44. The number of fused-ring (bicyclic) bond motifs is 1. The van der Waals surface area contributed by atoms with Gasteiger partial charge < -0.3 is 30.7 Å². The zero-order valence-electron chi connectivity index (χ0n) is 28.0. The molecule has 0 radical (unpaired) electrons. The van der Waals surface area contributed by atoms with Gasteiger partial charge in [-0.25, -0.2) is 4.79 Å². The first-order chi connectivity index (χ1) is 22.5. The first kappa shape index (κ1) is 35.9. The Balaban J connectivity index is 1.55. The number of nitrogens with one attached hydrogen (secondary N) is 3. The number of aliphatic carboxylic acids is 1. The number of carbonyl (C=O) groups is 5. The van der Waals surface area contributed by atoms with E-state index < -0.39 is 54.0 Å². The van der Waals surface area contributed by atoms with Gasteiger partial charge in [-0.15, -0.1) is 0 Å². The summed E-state index contributed by atoms with van der Waals surface area (Å²) in [6.45, 7) is 7.21. The Hall–Kier alpha value is -3.99. The molecule has 4 amide bonds. The molecule has 2 fully saturated rings. The van der Waals surface area contributed by atoms with Gasteiger partial charge in [-0.2, -0.15) is 0 Å². The molecule has 4 N–H and O–H groups in total. The highest BCUT2D eigenvalue weighted by atomic mass is 16.5. The van der Waals surface area contributed by atoms with Crippen LogP contribution in [0.25, 0.3) is 10.8 Å². The Morgan fingerprint density at radius 3 is 2.32 bits per heavy atom. The van der Waals surface area contributed by atoms with Crippen molar-refractivity contribution in [1.29, 1.82) is 0 Å². The van der Waals surface area contributed by atoms with Gasteiger partial charge in [0.1, 0.15) is 24.2 Å². The van der Waals surface area contributed by atoms with Crippen LogP contribution in [0.4, 0.5) is 0 Å². The van der Waals surface area contributed by atoms with Gasteiger partial charge in [-0.3, -0.25) is 19.2 Å². The average Bonchev–Trinajstić information content (AvgIpc) is 3.49. The van der Waals surface area contributed by atoms with Gasteiger partial charge >= 0.3 is 5.97 Å². The number of carboxylic acid groups (broad SMARTS) is 1. The lowest BCUT2D eigenvalue weighted by Crippen LogP contribution is -2.59. The maximum atomic E-state index is 14.3. The van der Waals surface area contributed by atoms with Crippen molar-refractivity contribution in [3.05, 3.63) is 48.0 Å². The molecule has 1 saturated carbocycles. The zero-order valence-corrected chi connectivity index (χ0v) is 28.0. The number of benzene rings is 2. The second-order valence-electron chi connectivity index (χ2n) is 13.3. The Morgan fingerprint density at radius 2 is 1.66 bits per heavy atom. The first-order valence-corrected chi connectivity index (χ1v) is 17.0. The second-order valence-corrected chi connectivity index (χ2v) is 13.3. The molecule has 2 aromatic carbocycles. The van der Waals surface area contributed by atoms with E-state index in [1.165, 1.54) is 11.8 Å². The van der Waals surface area contributed by atoms with Gasteiger partial charge in [0.2, 0.25) is 23.6 Å². The molecular weight excluding hydrogens is 600 g/mol. The van der Waals surface area contributed by atoms with E-state index in [0.29, 0.717) is 6.42 Å². The van der Waals surface area contributed by atoms with Crippen LogP contribution in [0.3, 0.4) is 0 Å². The van der Waals surface area contributed by atoms with Crippen molar-refractivity contribution < 1.29 is 33.8 Å². The lowest BCUT2D eigenvalue weighted by molar-refractivity contribution is -0.145. The number of ether oxygens (including phenoxy) is 1. The van der Waals surface area contributed by atoms with E-state index >= 15 is 0 Å². The van der Waals surface area contributed by atoms with Crippen LogP contribution in [-0.2, 0) is 35.3 Å². The molecule has 2 aromatic rings. The maximum Gasteiger partial charge on any atom is 0.326 e. The summed E-state index contributed by atoms with van der Waals surface area (Å²) < 4.78 is 6.32. The molecule has 4 rings (SSSR count). The molecule has 1 aliphatic carbocycles. The van der Waals surface area contributed by atoms with Gasteiger partial charge in [0.05, 0.1) is 12.7 Å². The summed E-state index contributed by atoms with van der Waals surface area (Å²) in [5.74, 6) is -3.25. The number of carboxylic acids is 1. The number of nitrogens with zero attached hydrogens (tertiary/aromatic N) is 1. The van der Waals surface area contributed by atoms with Gasteiger partial charge in [0.15, 0.2) is 0 Å². The molecule has 0 spiro atoms. The highest BCUT2D eigenvalue weighted by molar-refractivity contribution is 5.95. The Labute approximate surface area is 277 Å². The largest absolute Gasteiger partial charge is 0.480 e. The SMILES string of the molecule is CCC[C@@H](NC(=O)[C@@H]1C[C@@H](OCc2cccc3ccccc23)CN1C(=O)[C@@H](NC(=O)[C@@H](NC(C)=O)C1CCCCC1)C(C)C)C(=O)O. The van der Waals surface area contributed by atoms with E-state index in [1.807, 2.05) is 63.2 Å². The predicted octanol–water partition coefficient (Wildman–Crippen LogP) is 3.92. The standard InChI is InChI=1S/C36H50N4O7/c1-5-12-29(36(45)46)38-33(42)30-19-27(47-21-26-17-11-16-24-13-9-10-18-28(24)26)20-40(30)35(44)31(22(2)3)39-34(43)32(37-23(4)41)25-14-7-6-8-15-25/h9-11,13,16-18,22,25,27,29-32H,5-8,12,14-15,19-21H2,1-4H3,(H,37,41)(H,38,42)(H,39,43)(H,45,46)/t27-,29-,30+,31+,32+/m1/s1. The van der Waals surface area contributed by atoms with Crippen molar-refractivity contribution in [2.45, 2.75) is 116 Å². The molecule has 0 bridgehead atoms. The summed E-state index contributed by atoms with van der Waals surface area (Å²) in [6.07, 6.45) is 5.13. The minimum absolute atomic E-state index is 0.0285. The summed E-state index contributed by atoms with van der Waals surface area (Å²) >= 11 is 0. The number of carbonyl (C=O) groups excluding carboxylic acids is 4. The molecule has 1 heterocycles. The average molecular weight is 651 g/mol. The zero-order chi connectivity index (χ0) is 34.1. The van der Waals surface area contributed by atoms with E-state index in [9.17, 15) is 29.1 Å². The Morgan fingerprint density at radius 1 is 0.957 bits per heavy atom. The Kier molecular flexibility index (Phi) is 12.8. The van der Waals surface area contributed by atoms with Crippen LogP contribution in [0.1, 0.15) is 84.6 Å². The van der Waals surface area contributed by atoms with Crippen molar-refractivity contribution in [3.63, 3.8) is 0 Å². The number of rotatable bonds is 14. The number of likely N-dealkylation sites (tertiary alicyclic amines) is 1. The summed E-state index contributed by atoms with van der Waals surface area (Å²) in [6, 6.07) is 10.1. The van der Waals surface area contributed by atoms with Crippen molar-refractivity contribution >= 4 is 40.4 Å². The summed E-state index contributed by atoms with van der Waals surface area (Å²) in [5.41, 5.74) is 0.974. The number of hydrogen-bond acceptors (Lipinski definition) is 6. The van der Waals surface area contributed by atoms with E-state index in [-0.39, 0.29) is 43.7 Å². The third-order valence-corrected chi connectivity index (χ3v) is 9.39. The highest BCUT2D eigenvalue weighted by Crippen LogP contribution is 2.28. The fraction of sp³-hybridized carbons (Fsp3) is 0.583. The monoisotopic (exact) mass is 650 g/mol. The second kappa shape index (κ2) is 16.7. The van der Waals surface area contributed by atoms with E-state index in [1.54, 1.807) is 0 Å². The van der Waals surface area contributed by atoms with E-state index in [0.717, 1.165) is 48.4 Å². The molecule has 1 aliphatic heterocycles. The third kappa shape index (κ3) is 9.31. The normalized spacial score (nSPS) is 20.4. The molecule has 2 aliphatic rings. The molecule has 11 nitrogen and oxygen atoms in total. The van der Waals surface area contributed by atoms with Crippen molar-refractivity contribution in [2.24, 2.45) is 11.8 Å². The topological polar surface area (TPSA) is 154 Å². The molecule has 47 heavy (non-hydrogen) atoms. The van der Waals surface area contributed by atoms with Gasteiger partial charge in [-0.1, -0.05) is 88.9 Å². The van der Waals surface area contributed by atoms with Crippen LogP contribution in [-0.4, -0.2) is 76.4 Å². The van der Waals surface area contributed by atoms with Crippen LogP contribution in [0.15, 0.2) is 42.5 Å². The van der Waals surface area contributed by atoms with Gasteiger partial charge in [0.25, 0.3) is 0 Å². The van der Waals surface area contributed by atoms with Crippen LogP contribution in [0.5, 0.6) is 0 Å². The predicted molar refractivity (Wildman–Crippen MR) is 178 cm³/mol. The third-order valence-electron chi connectivity index (χ3n) is 9.39. The van der Waals surface area contributed by atoms with Crippen LogP contribution >= 0.6 is 0 Å². The molecule has 5 atom stereocenters. The van der Waals surface area contributed by atoms with Crippen LogP contribution in [0.2, 0.25) is 0 Å². The minimum Gasteiger partial charge on any atom is -0.480 e. The number of amides is 4. The quantitative estimate of drug-likeness (QED) is 0.242. The van der Waals surface area contributed by atoms with Crippen molar-refractivity contribution in [1.82, 2.24) is 20.9 Å². The van der Waals surface area contributed by atoms with Crippen LogP contribution < -0.4 is 16.0 Å². The van der Waals surface area contributed by atoms with Gasteiger partial charge in [-0.05, 0) is 47.4 Å². The Bertz CT molecular complexity index is 1420. The molecule has 0 aromatic heterocycles. The smallest absolute Gasteiger partial charge is 0.326 e. The van der Waals surface area contributed by atoms with Crippen molar-refractivity contribution in [3.8, 4) is 0 Å². The fourth-order valence-electron chi connectivity index (χ4n) is 6.87. The lowest BCUT2D eigenvalue weighted by Gasteiger charge is -2.34. The molecule has 0 unspecified atom stereocenters. The van der Waals surface area contributed by atoms with E-state index in [4.69, 9.17) is 4.74 Å². The molecular formula is C36H50N4O7. The summed E-state index contributed by atoms with van der Waals surface area (Å²) in [4.78, 5) is 67.0. The maximum absolute atomic E-state index is 14.3. The number of hydrogen-bond donors (Lipinski definition) is 4. The molecule has 1 saturated heterocycles. The lowest BCUT2D eigenvalue weighted by atomic mass is 9.83. The summed E-state index contributed by atoms with van der Waals surface area (Å²) in [5, 5.41) is 20.2. The summed E-state index contributed by atoms with van der Waals surface area (Å²) in [7, 11) is 0. The molecule has 256 valence electrons. The minimum atomic E-state index is -1.14. The van der Waals surface area contributed by atoms with Crippen molar-refractivity contribution in [2.75, 3.05) is 6.54 Å². The fourth-order valence-corrected chi connectivity index (χ4v) is 6.87.